The van der Waals surface area contributed by atoms with E-state index in [1.54, 1.807) is 0 Å². The van der Waals surface area contributed by atoms with Gasteiger partial charge in [-0.1, -0.05) is 49.4 Å². The van der Waals surface area contributed by atoms with Crippen LogP contribution in [0.4, 0.5) is 0 Å². The number of ether oxygens (including phenoxy) is 1. The highest BCUT2D eigenvalue weighted by Gasteiger charge is 2.28. The fourth-order valence-corrected chi connectivity index (χ4v) is 3.70. The van der Waals surface area contributed by atoms with Crippen molar-refractivity contribution in [3.63, 3.8) is 0 Å². The number of carbonyl (C=O) groups is 2. The van der Waals surface area contributed by atoms with E-state index in [9.17, 15) is 14.7 Å². The summed E-state index contributed by atoms with van der Waals surface area (Å²) in [6.07, 6.45) is 1.60. The van der Waals surface area contributed by atoms with E-state index in [1.807, 2.05) is 49.4 Å². The second-order valence-electron chi connectivity index (χ2n) is 6.97. The number of nitrogens with one attached hydrogen (secondary N) is 1. The van der Waals surface area contributed by atoms with Gasteiger partial charge in [-0.05, 0) is 35.1 Å². The smallest absolute Gasteiger partial charge is 0.305 e. The van der Waals surface area contributed by atoms with Gasteiger partial charge >= 0.3 is 5.97 Å². The van der Waals surface area contributed by atoms with Crippen LogP contribution in [0.3, 0.4) is 0 Å². The summed E-state index contributed by atoms with van der Waals surface area (Å²) in [5.41, 5.74) is 0.845. The molecule has 138 valence electrons. The van der Waals surface area contributed by atoms with Crippen LogP contribution in [0.1, 0.15) is 37.8 Å². The molecule has 1 fully saturated rings. The Balaban J connectivity index is 1.83. The van der Waals surface area contributed by atoms with Crippen molar-refractivity contribution in [2.24, 2.45) is 11.8 Å². The Hall–Kier alpha value is -2.40. The van der Waals surface area contributed by atoms with E-state index in [4.69, 9.17) is 4.74 Å². The lowest BCUT2D eigenvalue weighted by Gasteiger charge is -2.29. The maximum atomic E-state index is 12.8. The molecular formula is C21H25NO4. The highest BCUT2D eigenvalue weighted by molar-refractivity contribution is 5.88. The zero-order chi connectivity index (χ0) is 18.5. The molecule has 2 aromatic carbocycles. The molecule has 0 saturated carbocycles. The Morgan fingerprint density at radius 3 is 2.58 bits per heavy atom. The summed E-state index contributed by atoms with van der Waals surface area (Å²) in [7, 11) is 0. The van der Waals surface area contributed by atoms with Gasteiger partial charge in [-0.25, -0.2) is 0 Å². The molecule has 1 amide bonds. The minimum Gasteiger partial charge on any atom is -0.481 e. The number of hydrogen-bond donors (Lipinski definition) is 2. The lowest BCUT2D eigenvalue weighted by atomic mass is 9.86. The molecule has 2 aromatic rings. The van der Waals surface area contributed by atoms with Gasteiger partial charge in [0.1, 0.15) is 0 Å². The first-order valence-electron chi connectivity index (χ1n) is 9.14. The molecule has 1 aliphatic heterocycles. The number of carboxylic acids is 1. The number of fused-ring (bicyclic) bond motifs is 1. The van der Waals surface area contributed by atoms with E-state index in [-0.39, 0.29) is 24.2 Å². The lowest BCUT2D eigenvalue weighted by molar-refractivity contribution is -0.138. The van der Waals surface area contributed by atoms with E-state index >= 15 is 0 Å². The van der Waals surface area contributed by atoms with Crippen molar-refractivity contribution < 1.29 is 19.4 Å². The van der Waals surface area contributed by atoms with Crippen LogP contribution >= 0.6 is 0 Å². The van der Waals surface area contributed by atoms with E-state index in [1.165, 1.54) is 0 Å². The lowest BCUT2D eigenvalue weighted by Crippen LogP contribution is -2.38. The van der Waals surface area contributed by atoms with Gasteiger partial charge in [0.2, 0.25) is 5.91 Å². The molecule has 1 heterocycles. The Labute approximate surface area is 153 Å². The third-order valence-electron chi connectivity index (χ3n) is 5.28. The number of rotatable bonds is 6. The van der Waals surface area contributed by atoms with Crippen molar-refractivity contribution in [1.82, 2.24) is 5.32 Å². The molecule has 0 bridgehead atoms. The van der Waals surface area contributed by atoms with Crippen LogP contribution in [0.15, 0.2) is 42.5 Å². The van der Waals surface area contributed by atoms with E-state index in [0.717, 1.165) is 29.2 Å². The van der Waals surface area contributed by atoms with E-state index in [2.05, 4.69) is 5.32 Å². The van der Waals surface area contributed by atoms with Gasteiger partial charge < -0.3 is 15.2 Å². The topological polar surface area (TPSA) is 75.6 Å². The predicted molar refractivity (Wildman–Crippen MR) is 99.8 cm³/mol. The maximum Gasteiger partial charge on any atom is 0.305 e. The van der Waals surface area contributed by atoms with Gasteiger partial charge in [-0.3, -0.25) is 9.59 Å². The number of carbonyl (C=O) groups excluding carboxylic acids is 1. The minimum absolute atomic E-state index is 0.0870. The van der Waals surface area contributed by atoms with Crippen LogP contribution < -0.4 is 5.32 Å². The van der Waals surface area contributed by atoms with Crippen molar-refractivity contribution in [2.45, 2.75) is 32.2 Å². The molecule has 5 nitrogen and oxygen atoms in total. The summed E-state index contributed by atoms with van der Waals surface area (Å²) in [5, 5.41) is 14.3. The van der Waals surface area contributed by atoms with Gasteiger partial charge in [0.05, 0.1) is 12.5 Å². The fraction of sp³-hybridized carbons (Fsp3) is 0.429. The Morgan fingerprint density at radius 1 is 1.15 bits per heavy atom. The first kappa shape index (κ1) is 18.4. The predicted octanol–water partition coefficient (Wildman–Crippen LogP) is 3.53. The standard InChI is InChI=1S/C21H25NO4/c1-14(15-9-11-26-12-10-15)21(25)22-19(13-20(23)24)18-8-4-6-16-5-2-3-7-17(16)18/h2-8,14-15,19H,9-13H2,1H3,(H,22,25)(H,23,24)/t14?,19-/m1/s1. The molecule has 5 heteroatoms. The van der Waals surface area contributed by atoms with Gasteiger partial charge in [0, 0.05) is 19.1 Å². The highest BCUT2D eigenvalue weighted by Crippen LogP contribution is 2.28. The molecule has 3 rings (SSSR count). The third kappa shape index (κ3) is 4.22. The SMILES string of the molecule is CC(C(=O)N[C@H](CC(=O)O)c1cccc2ccccc12)C1CCOCC1. The Bertz CT molecular complexity index is 777. The average Bonchev–Trinajstić information content (AvgIpc) is 2.66. The summed E-state index contributed by atoms with van der Waals surface area (Å²) in [4.78, 5) is 24.2. The summed E-state index contributed by atoms with van der Waals surface area (Å²) >= 11 is 0. The molecular weight excluding hydrogens is 330 g/mol. The summed E-state index contributed by atoms with van der Waals surface area (Å²) in [6.45, 7) is 3.29. The molecule has 1 saturated heterocycles. The molecule has 0 spiro atoms. The van der Waals surface area contributed by atoms with Crippen molar-refractivity contribution in [3.05, 3.63) is 48.0 Å². The number of amides is 1. The molecule has 0 aromatic heterocycles. The number of aliphatic carboxylic acids is 1. The normalized spacial score (nSPS) is 17.6. The van der Waals surface area contributed by atoms with Crippen LogP contribution in [0.5, 0.6) is 0 Å². The number of hydrogen-bond acceptors (Lipinski definition) is 3. The van der Waals surface area contributed by atoms with Crippen molar-refractivity contribution >= 4 is 22.6 Å². The number of benzene rings is 2. The zero-order valence-electron chi connectivity index (χ0n) is 15.0. The second-order valence-corrected chi connectivity index (χ2v) is 6.97. The molecule has 1 unspecified atom stereocenters. The van der Waals surface area contributed by atoms with Gasteiger partial charge in [0.25, 0.3) is 0 Å². The largest absolute Gasteiger partial charge is 0.481 e. The second kappa shape index (κ2) is 8.32. The molecule has 0 radical (unpaired) electrons. The Morgan fingerprint density at radius 2 is 1.85 bits per heavy atom. The zero-order valence-corrected chi connectivity index (χ0v) is 15.0. The number of carboxylic acid groups (broad SMARTS) is 1. The van der Waals surface area contributed by atoms with E-state index < -0.39 is 12.0 Å². The van der Waals surface area contributed by atoms with Gasteiger partial charge in [-0.15, -0.1) is 0 Å². The molecule has 2 N–H and O–H groups in total. The molecule has 2 atom stereocenters. The quantitative estimate of drug-likeness (QED) is 0.831. The van der Waals surface area contributed by atoms with Gasteiger partial charge in [0.15, 0.2) is 0 Å². The van der Waals surface area contributed by atoms with E-state index in [0.29, 0.717) is 13.2 Å². The summed E-state index contributed by atoms with van der Waals surface area (Å²) in [5.74, 6) is -0.898. The van der Waals surface area contributed by atoms with Crippen LogP contribution in [0, 0.1) is 11.8 Å². The van der Waals surface area contributed by atoms with Crippen LogP contribution in [-0.2, 0) is 14.3 Å². The monoisotopic (exact) mass is 355 g/mol. The molecule has 0 aliphatic carbocycles. The van der Waals surface area contributed by atoms with Crippen molar-refractivity contribution in [2.75, 3.05) is 13.2 Å². The fourth-order valence-electron chi connectivity index (χ4n) is 3.70. The summed E-state index contributed by atoms with van der Waals surface area (Å²) < 4.78 is 5.37. The first-order chi connectivity index (χ1) is 12.6. The molecule has 26 heavy (non-hydrogen) atoms. The average molecular weight is 355 g/mol. The Kier molecular flexibility index (Phi) is 5.89. The van der Waals surface area contributed by atoms with Crippen molar-refractivity contribution in [3.8, 4) is 0 Å². The van der Waals surface area contributed by atoms with Crippen LogP contribution in [0.2, 0.25) is 0 Å². The van der Waals surface area contributed by atoms with Gasteiger partial charge in [-0.2, -0.15) is 0 Å². The molecule has 1 aliphatic rings. The first-order valence-corrected chi connectivity index (χ1v) is 9.14. The maximum absolute atomic E-state index is 12.8. The van der Waals surface area contributed by atoms with Crippen LogP contribution in [0.25, 0.3) is 10.8 Å². The summed E-state index contributed by atoms with van der Waals surface area (Å²) in [6, 6.07) is 13.1. The highest BCUT2D eigenvalue weighted by atomic mass is 16.5. The third-order valence-corrected chi connectivity index (χ3v) is 5.28. The van der Waals surface area contributed by atoms with Crippen molar-refractivity contribution in [1.29, 1.82) is 0 Å². The minimum atomic E-state index is -0.929. The van der Waals surface area contributed by atoms with Crippen LogP contribution in [-0.4, -0.2) is 30.2 Å².